The highest BCUT2D eigenvalue weighted by molar-refractivity contribution is 5.98. The first kappa shape index (κ1) is 13.9. The van der Waals surface area contributed by atoms with Gasteiger partial charge in [-0.3, -0.25) is 4.79 Å². The maximum atomic E-state index is 13.0. The van der Waals surface area contributed by atoms with Gasteiger partial charge in [0.1, 0.15) is 0 Å². The molecular formula is C19H24N2O. The number of nitrogens with one attached hydrogen (secondary N) is 1. The standard InChI is InChI=1S/C19H24N2O/c1-18(2)9-15-10-19(3,11-18)12-21(15)17(22)14-5-4-13-6-7-20-16(13)8-14/h4-8,15,20H,9-12H2,1-3H3/t15-,19-/m1/s1. The Morgan fingerprint density at radius 3 is 2.86 bits per heavy atom. The number of fused-ring (bicyclic) bond motifs is 3. The Hall–Kier alpha value is -1.77. The third-order valence-electron chi connectivity index (χ3n) is 5.48. The predicted octanol–water partition coefficient (Wildman–Crippen LogP) is 4.21. The fourth-order valence-corrected chi connectivity index (χ4v) is 5.04. The molecule has 0 radical (unpaired) electrons. The molecule has 0 unspecified atom stereocenters. The molecule has 1 aliphatic heterocycles. The van der Waals surface area contributed by atoms with Crippen molar-refractivity contribution in [3.05, 3.63) is 36.0 Å². The van der Waals surface area contributed by atoms with E-state index < -0.39 is 0 Å². The van der Waals surface area contributed by atoms with Crippen LogP contribution in [-0.2, 0) is 0 Å². The summed E-state index contributed by atoms with van der Waals surface area (Å²) in [5, 5.41) is 1.16. The fourth-order valence-electron chi connectivity index (χ4n) is 5.04. The van der Waals surface area contributed by atoms with Crippen LogP contribution in [0, 0.1) is 10.8 Å². The van der Waals surface area contributed by atoms with Crippen LogP contribution in [0.3, 0.4) is 0 Å². The molecule has 0 spiro atoms. The summed E-state index contributed by atoms with van der Waals surface area (Å²) in [7, 11) is 0. The quantitative estimate of drug-likeness (QED) is 0.841. The summed E-state index contributed by atoms with van der Waals surface area (Å²) in [4.78, 5) is 18.4. The van der Waals surface area contributed by atoms with Gasteiger partial charge in [-0.05, 0) is 53.7 Å². The number of amides is 1. The number of nitrogens with zero attached hydrogens (tertiary/aromatic N) is 1. The molecule has 2 bridgehead atoms. The van der Waals surface area contributed by atoms with Crippen molar-refractivity contribution < 1.29 is 4.79 Å². The third kappa shape index (κ3) is 2.15. The number of likely N-dealkylation sites (tertiary alicyclic amines) is 1. The van der Waals surface area contributed by atoms with Crippen LogP contribution in [0.25, 0.3) is 10.9 Å². The molecule has 4 rings (SSSR count). The normalized spacial score (nSPS) is 30.0. The van der Waals surface area contributed by atoms with Gasteiger partial charge in [-0.1, -0.05) is 26.8 Å². The maximum Gasteiger partial charge on any atom is 0.254 e. The minimum atomic E-state index is 0.197. The molecule has 3 heteroatoms. The van der Waals surface area contributed by atoms with Gasteiger partial charge in [0.25, 0.3) is 5.91 Å². The zero-order valence-corrected chi connectivity index (χ0v) is 13.6. The van der Waals surface area contributed by atoms with E-state index in [1.165, 1.54) is 6.42 Å². The van der Waals surface area contributed by atoms with Gasteiger partial charge in [0.05, 0.1) is 0 Å². The van der Waals surface area contributed by atoms with E-state index in [0.717, 1.165) is 35.9 Å². The van der Waals surface area contributed by atoms with Gasteiger partial charge in [0.15, 0.2) is 0 Å². The van der Waals surface area contributed by atoms with Crippen molar-refractivity contribution >= 4 is 16.8 Å². The lowest BCUT2D eigenvalue weighted by Gasteiger charge is -2.39. The van der Waals surface area contributed by atoms with Crippen LogP contribution < -0.4 is 0 Å². The molecule has 2 aliphatic rings. The number of carbonyl (C=O) groups excluding carboxylic acids is 1. The summed E-state index contributed by atoms with van der Waals surface area (Å²) in [6.45, 7) is 7.94. The largest absolute Gasteiger partial charge is 0.361 e. The lowest BCUT2D eigenvalue weighted by Crippen LogP contribution is -2.37. The van der Waals surface area contributed by atoms with Crippen LogP contribution in [0.5, 0.6) is 0 Å². The minimum Gasteiger partial charge on any atom is -0.361 e. The van der Waals surface area contributed by atoms with E-state index in [-0.39, 0.29) is 5.91 Å². The first-order valence-electron chi connectivity index (χ1n) is 8.24. The minimum absolute atomic E-state index is 0.197. The second-order valence-corrected chi connectivity index (χ2v) is 8.43. The molecule has 1 aliphatic carbocycles. The van der Waals surface area contributed by atoms with Crippen LogP contribution in [-0.4, -0.2) is 28.4 Å². The third-order valence-corrected chi connectivity index (χ3v) is 5.48. The van der Waals surface area contributed by atoms with Crippen molar-refractivity contribution in [2.45, 2.75) is 46.1 Å². The molecule has 1 N–H and O–H groups in total. The predicted molar refractivity (Wildman–Crippen MR) is 88.9 cm³/mol. The zero-order chi connectivity index (χ0) is 15.5. The van der Waals surface area contributed by atoms with Gasteiger partial charge < -0.3 is 9.88 Å². The van der Waals surface area contributed by atoms with E-state index in [0.29, 0.717) is 16.9 Å². The molecule has 1 saturated heterocycles. The van der Waals surface area contributed by atoms with Crippen molar-refractivity contribution in [2.75, 3.05) is 6.54 Å². The lowest BCUT2D eigenvalue weighted by molar-refractivity contribution is 0.0708. The van der Waals surface area contributed by atoms with Crippen LogP contribution in [0.4, 0.5) is 0 Å². The van der Waals surface area contributed by atoms with Gasteiger partial charge in [-0.15, -0.1) is 0 Å². The van der Waals surface area contributed by atoms with E-state index in [2.05, 4.69) is 30.7 Å². The summed E-state index contributed by atoms with van der Waals surface area (Å²) in [5.74, 6) is 0.197. The Morgan fingerprint density at radius 1 is 1.23 bits per heavy atom. The Labute approximate surface area is 131 Å². The van der Waals surface area contributed by atoms with Gasteiger partial charge in [0.2, 0.25) is 0 Å². The number of H-pyrrole nitrogens is 1. The van der Waals surface area contributed by atoms with Crippen molar-refractivity contribution in [3.8, 4) is 0 Å². The molecule has 22 heavy (non-hydrogen) atoms. The van der Waals surface area contributed by atoms with E-state index >= 15 is 0 Å². The van der Waals surface area contributed by atoms with Crippen molar-refractivity contribution in [1.29, 1.82) is 0 Å². The van der Waals surface area contributed by atoms with Crippen LogP contribution in [0.15, 0.2) is 30.5 Å². The lowest BCUT2D eigenvalue weighted by atomic mass is 9.65. The molecule has 2 aromatic rings. The van der Waals surface area contributed by atoms with Crippen LogP contribution in [0.1, 0.15) is 50.4 Å². The monoisotopic (exact) mass is 296 g/mol. The molecule has 2 fully saturated rings. The highest BCUT2D eigenvalue weighted by Gasteiger charge is 2.50. The highest BCUT2D eigenvalue weighted by Crippen LogP contribution is 2.52. The Kier molecular flexibility index (Phi) is 2.76. The number of hydrogen-bond acceptors (Lipinski definition) is 1. The van der Waals surface area contributed by atoms with E-state index in [1.54, 1.807) is 0 Å². The van der Waals surface area contributed by atoms with Gasteiger partial charge in [-0.25, -0.2) is 0 Å². The van der Waals surface area contributed by atoms with E-state index in [1.807, 2.05) is 30.5 Å². The van der Waals surface area contributed by atoms with Crippen molar-refractivity contribution in [1.82, 2.24) is 9.88 Å². The fraction of sp³-hybridized carbons (Fsp3) is 0.526. The molecule has 1 aromatic carbocycles. The molecular weight excluding hydrogens is 272 g/mol. The van der Waals surface area contributed by atoms with Crippen molar-refractivity contribution in [3.63, 3.8) is 0 Å². The average Bonchev–Trinajstić information content (AvgIpc) is 2.97. The second kappa shape index (κ2) is 4.37. The molecule has 1 amide bonds. The van der Waals surface area contributed by atoms with Crippen molar-refractivity contribution in [2.24, 2.45) is 10.8 Å². The summed E-state index contributed by atoms with van der Waals surface area (Å²) in [6, 6.07) is 8.44. The first-order valence-corrected chi connectivity index (χ1v) is 8.24. The summed E-state index contributed by atoms with van der Waals surface area (Å²) < 4.78 is 0. The zero-order valence-electron chi connectivity index (χ0n) is 13.6. The Morgan fingerprint density at radius 2 is 2.05 bits per heavy atom. The molecule has 116 valence electrons. The number of rotatable bonds is 1. The molecule has 1 aromatic heterocycles. The summed E-state index contributed by atoms with van der Waals surface area (Å²) in [6.07, 6.45) is 5.42. The topological polar surface area (TPSA) is 36.1 Å². The Balaban J connectivity index is 1.65. The molecule has 1 saturated carbocycles. The van der Waals surface area contributed by atoms with Gasteiger partial charge in [0, 0.05) is 29.9 Å². The number of carbonyl (C=O) groups is 1. The van der Waals surface area contributed by atoms with Gasteiger partial charge >= 0.3 is 0 Å². The molecule has 2 heterocycles. The van der Waals surface area contributed by atoms with E-state index in [4.69, 9.17) is 0 Å². The number of aromatic nitrogens is 1. The van der Waals surface area contributed by atoms with E-state index in [9.17, 15) is 4.79 Å². The second-order valence-electron chi connectivity index (χ2n) is 8.43. The van der Waals surface area contributed by atoms with Gasteiger partial charge in [-0.2, -0.15) is 0 Å². The first-order chi connectivity index (χ1) is 10.4. The molecule has 3 nitrogen and oxygen atoms in total. The smallest absolute Gasteiger partial charge is 0.254 e. The average molecular weight is 296 g/mol. The Bertz CT molecular complexity index is 745. The van der Waals surface area contributed by atoms with Crippen LogP contribution >= 0.6 is 0 Å². The summed E-state index contributed by atoms with van der Waals surface area (Å²) in [5.41, 5.74) is 2.48. The number of benzene rings is 1. The maximum absolute atomic E-state index is 13.0. The van der Waals surface area contributed by atoms with Crippen LogP contribution in [0.2, 0.25) is 0 Å². The number of hydrogen-bond donors (Lipinski definition) is 1. The highest BCUT2D eigenvalue weighted by atomic mass is 16.2. The number of aromatic amines is 1. The summed E-state index contributed by atoms with van der Waals surface area (Å²) >= 11 is 0. The SMILES string of the molecule is CC1(C)C[C@@H]2C[C@@](C)(CN2C(=O)c2ccc3cc[nH]c3c2)C1. The molecule has 2 atom stereocenters.